The Morgan fingerprint density at radius 3 is 2.29 bits per heavy atom. The van der Waals surface area contributed by atoms with Crippen LogP contribution in [0, 0.1) is 5.92 Å². The molecule has 0 radical (unpaired) electrons. The molecule has 0 saturated carbocycles. The van der Waals surface area contributed by atoms with Crippen LogP contribution in [0.2, 0.25) is 0 Å². The zero-order valence-electron chi connectivity index (χ0n) is 16.2. The van der Waals surface area contributed by atoms with Crippen molar-refractivity contribution in [1.82, 2.24) is 0 Å². The summed E-state index contributed by atoms with van der Waals surface area (Å²) in [7, 11) is 0. The summed E-state index contributed by atoms with van der Waals surface area (Å²) in [5, 5.41) is 0. The molecule has 1 aliphatic heterocycles. The van der Waals surface area contributed by atoms with Gasteiger partial charge in [0.05, 0.1) is 11.5 Å². The molecular formula is C22H23NO3S2. The van der Waals surface area contributed by atoms with Crippen LogP contribution in [0.15, 0.2) is 58.4 Å². The third-order valence-electron chi connectivity index (χ3n) is 3.87. The summed E-state index contributed by atoms with van der Waals surface area (Å²) in [4.78, 5) is 16.5. The highest BCUT2D eigenvalue weighted by atomic mass is 32.2. The van der Waals surface area contributed by atoms with Gasteiger partial charge in [-0.15, -0.1) is 11.8 Å². The first-order valence-electron chi connectivity index (χ1n) is 9.04. The molecule has 6 heteroatoms. The zero-order valence-corrected chi connectivity index (χ0v) is 17.8. The van der Waals surface area contributed by atoms with E-state index in [4.69, 9.17) is 9.47 Å². The lowest BCUT2D eigenvalue weighted by molar-refractivity contribution is -0.113. The van der Waals surface area contributed by atoms with Crippen LogP contribution in [0.3, 0.4) is 0 Å². The predicted octanol–water partition coefficient (Wildman–Crippen LogP) is 5.63. The Balaban J connectivity index is 1.53. The molecule has 0 saturated heterocycles. The molecule has 2 aromatic carbocycles. The lowest BCUT2D eigenvalue weighted by Gasteiger charge is -2.10. The van der Waals surface area contributed by atoms with Gasteiger partial charge >= 0.3 is 0 Å². The number of carbonyl (C=O) groups excluding carboxylic acids is 1. The van der Waals surface area contributed by atoms with Gasteiger partial charge in [0.2, 0.25) is 0 Å². The number of carbonyl (C=O) groups is 1. The first-order chi connectivity index (χ1) is 13.5. The SMILES string of the molecule is CSC1=NC(=O)C(=Cc2ccc(OCc3ccc(OCC(C)C)cc3)cc2)S1. The summed E-state index contributed by atoms with van der Waals surface area (Å²) < 4.78 is 12.3. The summed E-state index contributed by atoms with van der Waals surface area (Å²) in [6, 6.07) is 15.7. The van der Waals surface area contributed by atoms with E-state index in [1.54, 1.807) is 0 Å². The molecule has 1 amide bonds. The van der Waals surface area contributed by atoms with E-state index in [9.17, 15) is 4.79 Å². The van der Waals surface area contributed by atoms with E-state index in [-0.39, 0.29) is 5.91 Å². The Bertz CT molecular complexity index is 872. The van der Waals surface area contributed by atoms with Crippen molar-refractivity contribution < 1.29 is 14.3 Å². The van der Waals surface area contributed by atoms with Crippen molar-refractivity contribution in [2.45, 2.75) is 20.5 Å². The Kier molecular flexibility index (Phi) is 7.23. The number of nitrogens with zero attached hydrogens (tertiary/aromatic N) is 1. The molecule has 0 unspecified atom stereocenters. The molecule has 0 N–H and O–H groups in total. The largest absolute Gasteiger partial charge is 0.493 e. The molecule has 1 heterocycles. The average Bonchev–Trinajstić information content (AvgIpc) is 3.06. The van der Waals surface area contributed by atoms with Crippen molar-refractivity contribution in [2.24, 2.45) is 10.9 Å². The molecule has 0 bridgehead atoms. The highest BCUT2D eigenvalue weighted by Gasteiger charge is 2.20. The van der Waals surface area contributed by atoms with Gasteiger partial charge in [0.15, 0.2) is 0 Å². The normalized spacial score (nSPS) is 15.2. The first-order valence-corrected chi connectivity index (χ1v) is 11.1. The highest BCUT2D eigenvalue weighted by Crippen LogP contribution is 2.32. The molecule has 146 valence electrons. The second kappa shape index (κ2) is 9.85. The number of benzene rings is 2. The third-order valence-corrected chi connectivity index (χ3v) is 5.83. The topological polar surface area (TPSA) is 47.9 Å². The minimum atomic E-state index is -0.171. The average molecular weight is 414 g/mol. The molecule has 2 aromatic rings. The second-order valence-electron chi connectivity index (χ2n) is 6.70. The maximum atomic E-state index is 11.8. The van der Waals surface area contributed by atoms with Crippen molar-refractivity contribution in [1.29, 1.82) is 0 Å². The predicted molar refractivity (Wildman–Crippen MR) is 119 cm³/mol. The number of ether oxygens (including phenoxy) is 2. The molecule has 1 aliphatic rings. The third kappa shape index (κ3) is 5.91. The number of hydrogen-bond donors (Lipinski definition) is 0. The minimum absolute atomic E-state index is 0.171. The smallest absolute Gasteiger partial charge is 0.285 e. The van der Waals surface area contributed by atoms with Gasteiger partial charge < -0.3 is 9.47 Å². The molecule has 3 rings (SSSR count). The van der Waals surface area contributed by atoms with E-state index in [1.165, 1.54) is 23.5 Å². The van der Waals surface area contributed by atoms with Crippen molar-refractivity contribution >= 4 is 39.9 Å². The fraction of sp³-hybridized carbons (Fsp3) is 0.273. The van der Waals surface area contributed by atoms with E-state index >= 15 is 0 Å². The van der Waals surface area contributed by atoms with Gasteiger partial charge in [-0.1, -0.05) is 49.9 Å². The summed E-state index contributed by atoms with van der Waals surface area (Å²) in [6.07, 6.45) is 3.78. The number of amides is 1. The summed E-state index contributed by atoms with van der Waals surface area (Å²) >= 11 is 2.90. The van der Waals surface area contributed by atoms with Crippen molar-refractivity contribution in [3.8, 4) is 11.5 Å². The van der Waals surface area contributed by atoms with Gasteiger partial charge in [0.25, 0.3) is 5.91 Å². The quantitative estimate of drug-likeness (QED) is 0.550. The second-order valence-corrected chi connectivity index (χ2v) is 8.79. The fourth-order valence-electron chi connectivity index (χ4n) is 2.40. The van der Waals surface area contributed by atoms with Crippen LogP contribution in [0.25, 0.3) is 6.08 Å². The van der Waals surface area contributed by atoms with Gasteiger partial charge in [0, 0.05) is 0 Å². The maximum Gasteiger partial charge on any atom is 0.285 e. The van der Waals surface area contributed by atoms with Crippen molar-refractivity contribution in [2.75, 3.05) is 12.9 Å². The van der Waals surface area contributed by atoms with Gasteiger partial charge in [-0.25, -0.2) is 0 Å². The van der Waals surface area contributed by atoms with Crippen LogP contribution < -0.4 is 9.47 Å². The highest BCUT2D eigenvalue weighted by molar-refractivity contribution is 8.40. The van der Waals surface area contributed by atoms with Crippen LogP contribution in [-0.2, 0) is 11.4 Å². The van der Waals surface area contributed by atoms with Crippen LogP contribution in [0.4, 0.5) is 0 Å². The molecule has 0 aromatic heterocycles. The standard InChI is InChI=1S/C22H23NO3S2/c1-15(2)13-25-18-10-6-17(7-11-18)14-26-19-8-4-16(5-9-19)12-20-21(24)23-22(27-3)28-20/h4-12,15H,13-14H2,1-3H3. The summed E-state index contributed by atoms with van der Waals surface area (Å²) in [5.74, 6) is 2.00. The van der Waals surface area contributed by atoms with Gasteiger partial charge in [-0.3, -0.25) is 4.79 Å². The maximum absolute atomic E-state index is 11.8. The van der Waals surface area contributed by atoms with Crippen LogP contribution >= 0.6 is 23.5 Å². The lowest BCUT2D eigenvalue weighted by atomic mass is 10.2. The minimum Gasteiger partial charge on any atom is -0.493 e. The van der Waals surface area contributed by atoms with Gasteiger partial charge in [-0.2, -0.15) is 4.99 Å². The number of rotatable bonds is 7. The van der Waals surface area contributed by atoms with E-state index in [2.05, 4.69) is 18.8 Å². The Morgan fingerprint density at radius 2 is 1.68 bits per heavy atom. The van der Waals surface area contributed by atoms with Crippen LogP contribution in [0.1, 0.15) is 25.0 Å². The molecule has 0 fully saturated rings. The van der Waals surface area contributed by atoms with E-state index < -0.39 is 0 Å². The monoisotopic (exact) mass is 413 g/mol. The van der Waals surface area contributed by atoms with Crippen LogP contribution in [-0.4, -0.2) is 23.1 Å². The zero-order chi connectivity index (χ0) is 19.9. The summed E-state index contributed by atoms with van der Waals surface area (Å²) in [5.41, 5.74) is 2.03. The van der Waals surface area contributed by atoms with Crippen molar-refractivity contribution in [3.05, 3.63) is 64.6 Å². The first kappa shape index (κ1) is 20.6. The molecule has 0 spiro atoms. The Labute approximate surface area is 174 Å². The molecule has 0 atom stereocenters. The number of hydrogen-bond acceptors (Lipinski definition) is 5. The van der Waals surface area contributed by atoms with Crippen molar-refractivity contribution in [3.63, 3.8) is 0 Å². The molecule has 0 aliphatic carbocycles. The van der Waals surface area contributed by atoms with E-state index in [0.29, 0.717) is 24.0 Å². The molecule has 4 nitrogen and oxygen atoms in total. The van der Waals surface area contributed by atoms with Gasteiger partial charge in [0.1, 0.15) is 22.5 Å². The lowest BCUT2D eigenvalue weighted by Crippen LogP contribution is -2.04. The van der Waals surface area contributed by atoms with Crippen LogP contribution in [0.5, 0.6) is 11.5 Å². The van der Waals surface area contributed by atoms with E-state index in [1.807, 2.05) is 60.9 Å². The Hall–Kier alpha value is -2.18. The fourth-order valence-corrected chi connectivity index (χ4v) is 3.82. The molecule has 28 heavy (non-hydrogen) atoms. The number of thioether (sulfide) groups is 2. The number of aliphatic imine (C=N–C) groups is 1. The summed E-state index contributed by atoms with van der Waals surface area (Å²) in [6.45, 7) is 5.46. The van der Waals surface area contributed by atoms with Gasteiger partial charge in [-0.05, 0) is 53.6 Å². The Morgan fingerprint density at radius 1 is 1.04 bits per heavy atom. The van der Waals surface area contributed by atoms with E-state index in [0.717, 1.165) is 27.0 Å². The molecular weight excluding hydrogens is 390 g/mol.